The molecule has 0 aliphatic rings. The number of pyridine rings is 1. The zero-order valence-electron chi connectivity index (χ0n) is 8.40. The second-order valence-electron chi connectivity index (χ2n) is 3.43. The second-order valence-corrected chi connectivity index (χ2v) is 4.35. The smallest absolute Gasteiger partial charge is 0.128 e. The first-order chi connectivity index (χ1) is 7.68. The molecule has 2 aromatic rings. The first-order valence-corrected chi connectivity index (χ1v) is 5.58. The third kappa shape index (κ3) is 2.28. The van der Waals surface area contributed by atoms with Crippen molar-refractivity contribution in [2.75, 3.05) is 0 Å². The molecule has 0 aliphatic carbocycles. The van der Waals surface area contributed by atoms with Crippen LogP contribution in [0, 0.1) is 5.82 Å². The number of aromatic nitrogens is 1. The molecule has 0 saturated heterocycles. The van der Waals surface area contributed by atoms with Crippen molar-refractivity contribution in [3.8, 4) is 0 Å². The predicted molar refractivity (Wildman–Crippen MR) is 64.4 cm³/mol. The van der Waals surface area contributed by atoms with Crippen LogP contribution in [0.15, 0.2) is 47.2 Å². The van der Waals surface area contributed by atoms with E-state index in [1.54, 1.807) is 30.6 Å². The molecule has 1 atom stereocenters. The van der Waals surface area contributed by atoms with Crippen molar-refractivity contribution in [1.29, 1.82) is 0 Å². The lowest BCUT2D eigenvalue weighted by Crippen LogP contribution is -2.13. The summed E-state index contributed by atoms with van der Waals surface area (Å²) in [6.07, 6.45) is 3.30. The van der Waals surface area contributed by atoms with Crippen LogP contribution in [0.25, 0.3) is 0 Å². The number of halogens is 2. The summed E-state index contributed by atoms with van der Waals surface area (Å²) in [5.41, 5.74) is 7.24. The summed E-state index contributed by atoms with van der Waals surface area (Å²) in [7, 11) is 0. The molecule has 0 aliphatic heterocycles. The third-order valence-corrected chi connectivity index (χ3v) is 2.83. The zero-order chi connectivity index (χ0) is 11.5. The van der Waals surface area contributed by atoms with Crippen LogP contribution < -0.4 is 5.73 Å². The van der Waals surface area contributed by atoms with Gasteiger partial charge in [-0.05, 0) is 29.8 Å². The molecule has 0 saturated carbocycles. The van der Waals surface area contributed by atoms with Gasteiger partial charge in [-0.15, -0.1) is 0 Å². The van der Waals surface area contributed by atoms with Gasteiger partial charge in [-0.25, -0.2) is 4.39 Å². The molecule has 82 valence electrons. The fraction of sp³-hybridized carbons (Fsp3) is 0.0833. The Balaban J connectivity index is 2.41. The Morgan fingerprint density at radius 3 is 2.81 bits per heavy atom. The maximum Gasteiger partial charge on any atom is 0.128 e. The predicted octanol–water partition coefficient (Wildman–Crippen LogP) is 3.03. The minimum atomic E-state index is -0.494. The van der Waals surface area contributed by atoms with Gasteiger partial charge < -0.3 is 5.73 Å². The molecule has 0 fully saturated rings. The van der Waals surface area contributed by atoms with Crippen LogP contribution in [0.1, 0.15) is 17.2 Å². The fourth-order valence-corrected chi connectivity index (χ4v) is 1.87. The molecule has 2 N–H and O–H groups in total. The maximum absolute atomic E-state index is 13.6. The molecule has 0 bridgehead atoms. The summed E-state index contributed by atoms with van der Waals surface area (Å²) in [6.45, 7) is 0. The topological polar surface area (TPSA) is 38.9 Å². The number of nitrogens with two attached hydrogens (primary N) is 1. The lowest BCUT2D eigenvalue weighted by molar-refractivity contribution is 0.599. The fourth-order valence-electron chi connectivity index (χ4n) is 1.49. The van der Waals surface area contributed by atoms with Gasteiger partial charge in [-0.2, -0.15) is 0 Å². The Kier molecular flexibility index (Phi) is 3.31. The van der Waals surface area contributed by atoms with Crippen LogP contribution in [0.3, 0.4) is 0 Å². The lowest BCUT2D eigenvalue weighted by Gasteiger charge is -2.13. The van der Waals surface area contributed by atoms with Crippen molar-refractivity contribution < 1.29 is 4.39 Å². The van der Waals surface area contributed by atoms with Gasteiger partial charge in [-0.1, -0.05) is 22.0 Å². The van der Waals surface area contributed by atoms with E-state index in [0.29, 0.717) is 5.56 Å². The van der Waals surface area contributed by atoms with Crippen LogP contribution in [-0.2, 0) is 0 Å². The highest BCUT2D eigenvalue weighted by Crippen LogP contribution is 2.24. The second kappa shape index (κ2) is 4.72. The minimum absolute atomic E-state index is 0.306. The number of nitrogens with zero attached hydrogens (tertiary/aromatic N) is 1. The van der Waals surface area contributed by atoms with E-state index in [1.807, 2.05) is 6.07 Å². The highest BCUT2D eigenvalue weighted by atomic mass is 79.9. The van der Waals surface area contributed by atoms with E-state index in [9.17, 15) is 4.39 Å². The van der Waals surface area contributed by atoms with Gasteiger partial charge in [0.15, 0.2) is 0 Å². The van der Waals surface area contributed by atoms with E-state index in [-0.39, 0.29) is 5.82 Å². The van der Waals surface area contributed by atoms with E-state index in [2.05, 4.69) is 20.9 Å². The molecule has 16 heavy (non-hydrogen) atoms. The minimum Gasteiger partial charge on any atom is -0.320 e. The molecule has 2 nitrogen and oxygen atoms in total. The average Bonchev–Trinajstić information content (AvgIpc) is 2.32. The van der Waals surface area contributed by atoms with Crippen molar-refractivity contribution in [2.24, 2.45) is 5.73 Å². The summed E-state index contributed by atoms with van der Waals surface area (Å²) >= 11 is 3.30. The Bertz CT molecular complexity index is 488. The van der Waals surface area contributed by atoms with E-state index in [0.717, 1.165) is 10.0 Å². The molecule has 2 rings (SSSR count). The monoisotopic (exact) mass is 280 g/mol. The molecule has 1 aromatic carbocycles. The van der Waals surface area contributed by atoms with Gasteiger partial charge in [-0.3, -0.25) is 4.98 Å². The standard InChI is InChI=1S/C12H10BrFN2/c13-9-3-4-11(14)10(6-9)12(15)8-2-1-5-16-7-8/h1-7,12H,15H2. The quantitative estimate of drug-likeness (QED) is 0.919. The van der Waals surface area contributed by atoms with Crippen molar-refractivity contribution in [3.05, 3.63) is 64.1 Å². The van der Waals surface area contributed by atoms with Crippen molar-refractivity contribution in [1.82, 2.24) is 4.98 Å². The molecular weight excluding hydrogens is 271 g/mol. The SMILES string of the molecule is NC(c1cccnc1)c1cc(Br)ccc1F. The average molecular weight is 281 g/mol. The molecule has 1 aromatic heterocycles. The molecule has 1 unspecified atom stereocenters. The summed E-state index contributed by atoms with van der Waals surface area (Å²) < 4.78 is 14.4. The Morgan fingerprint density at radius 1 is 1.31 bits per heavy atom. The third-order valence-electron chi connectivity index (χ3n) is 2.34. The molecular formula is C12H10BrFN2. The van der Waals surface area contributed by atoms with Gasteiger partial charge in [0.25, 0.3) is 0 Å². The Hall–Kier alpha value is -1.26. The Labute approximate surface area is 101 Å². The molecule has 1 heterocycles. The molecule has 4 heteroatoms. The van der Waals surface area contributed by atoms with Crippen molar-refractivity contribution >= 4 is 15.9 Å². The van der Waals surface area contributed by atoms with Gasteiger partial charge >= 0.3 is 0 Å². The highest BCUT2D eigenvalue weighted by Gasteiger charge is 2.13. The highest BCUT2D eigenvalue weighted by molar-refractivity contribution is 9.10. The zero-order valence-corrected chi connectivity index (χ0v) is 9.99. The van der Waals surface area contributed by atoms with Gasteiger partial charge in [0.1, 0.15) is 5.82 Å². The van der Waals surface area contributed by atoms with E-state index >= 15 is 0 Å². The number of rotatable bonds is 2. The molecule has 0 radical (unpaired) electrons. The van der Waals surface area contributed by atoms with Gasteiger partial charge in [0.05, 0.1) is 6.04 Å². The van der Waals surface area contributed by atoms with Crippen molar-refractivity contribution in [2.45, 2.75) is 6.04 Å². The largest absolute Gasteiger partial charge is 0.320 e. The summed E-state index contributed by atoms with van der Waals surface area (Å²) in [5.74, 6) is -0.306. The van der Waals surface area contributed by atoms with E-state index in [4.69, 9.17) is 5.73 Å². The van der Waals surface area contributed by atoms with Crippen LogP contribution >= 0.6 is 15.9 Å². The first kappa shape index (κ1) is 11.2. The van der Waals surface area contributed by atoms with Crippen LogP contribution in [0.2, 0.25) is 0 Å². The molecule has 0 spiro atoms. The summed E-state index contributed by atoms with van der Waals surface area (Å²) in [6, 6.07) is 7.85. The van der Waals surface area contributed by atoms with Crippen LogP contribution in [0.5, 0.6) is 0 Å². The lowest BCUT2D eigenvalue weighted by atomic mass is 10.0. The normalized spacial score (nSPS) is 12.4. The van der Waals surface area contributed by atoms with Crippen LogP contribution in [-0.4, -0.2) is 4.98 Å². The number of benzene rings is 1. The number of hydrogen-bond donors (Lipinski definition) is 1. The maximum atomic E-state index is 13.6. The van der Waals surface area contributed by atoms with E-state index < -0.39 is 6.04 Å². The molecule has 0 amide bonds. The van der Waals surface area contributed by atoms with Gasteiger partial charge in [0.2, 0.25) is 0 Å². The Morgan fingerprint density at radius 2 is 2.12 bits per heavy atom. The van der Waals surface area contributed by atoms with Crippen molar-refractivity contribution in [3.63, 3.8) is 0 Å². The van der Waals surface area contributed by atoms with Crippen LogP contribution in [0.4, 0.5) is 4.39 Å². The van der Waals surface area contributed by atoms with Gasteiger partial charge in [0, 0.05) is 22.4 Å². The summed E-state index contributed by atoms with van der Waals surface area (Å²) in [5, 5.41) is 0. The summed E-state index contributed by atoms with van der Waals surface area (Å²) in [4.78, 5) is 3.97. The number of hydrogen-bond acceptors (Lipinski definition) is 2. The first-order valence-electron chi connectivity index (χ1n) is 4.79. The van der Waals surface area contributed by atoms with E-state index in [1.165, 1.54) is 6.07 Å².